The van der Waals surface area contributed by atoms with E-state index in [2.05, 4.69) is 18.0 Å². The normalized spacial score (nSPS) is 17.5. The summed E-state index contributed by atoms with van der Waals surface area (Å²) >= 11 is 0. The monoisotopic (exact) mass is 467 g/mol. The second kappa shape index (κ2) is 9.12. The highest BCUT2D eigenvalue weighted by Gasteiger charge is 2.34. The van der Waals surface area contributed by atoms with Crippen LogP contribution < -0.4 is 0 Å². The van der Waals surface area contributed by atoms with E-state index in [1.807, 2.05) is 54.3 Å². The van der Waals surface area contributed by atoms with E-state index in [1.54, 1.807) is 0 Å². The van der Waals surface area contributed by atoms with Crippen LogP contribution in [0.3, 0.4) is 0 Å². The van der Waals surface area contributed by atoms with Crippen LogP contribution in [0.1, 0.15) is 64.2 Å². The molecule has 2 aliphatic rings. The number of amides is 1. The molecule has 178 valence electrons. The lowest BCUT2D eigenvalue weighted by Crippen LogP contribution is -2.48. The summed E-state index contributed by atoms with van der Waals surface area (Å²) in [4.78, 5) is 23.4. The van der Waals surface area contributed by atoms with Crippen molar-refractivity contribution < 1.29 is 9.53 Å². The first kappa shape index (κ1) is 23.0. The van der Waals surface area contributed by atoms with Crippen molar-refractivity contribution in [3.8, 4) is 17.3 Å². The summed E-state index contributed by atoms with van der Waals surface area (Å²) in [5.41, 5.74) is 5.56. The number of aryl methyl sites for hydroxylation is 1. The lowest BCUT2D eigenvalue weighted by Gasteiger charge is -2.39. The van der Waals surface area contributed by atoms with Gasteiger partial charge in [-0.05, 0) is 55.2 Å². The third-order valence-electron chi connectivity index (χ3n) is 7.46. The second-order valence-electron chi connectivity index (χ2n) is 9.84. The van der Waals surface area contributed by atoms with E-state index in [0.717, 1.165) is 35.4 Å². The number of rotatable bonds is 5. The predicted octanol–water partition coefficient (Wildman–Crippen LogP) is 4.56. The van der Waals surface area contributed by atoms with Crippen LogP contribution >= 0.6 is 0 Å². The van der Waals surface area contributed by atoms with Gasteiger partial charge in [-0.2, -0.15) is 5.26 Å². The van der Waals surface area contributed by atoms with Crippen molar-refractivity contribution in [2.45, 2.75) is 38.0 Å². The Labute approximate surface area is 205 Å². The maximum atomic E-state index is 13.3. The van der Waals surface area contributed by atoms with Gasteiger partial charge in [0.25, 0.3) is 5.91 Å². The van der Waals surface area contributed by atoms with Crippen molar-refractivity contribution >= 4 is 12.1 Å². The predicted molar refractivity (Wildman–Crippen MR) is 134 cm³/mol. The van der Waals surface area contributed by atoms with Gasteiger partial charge in [0, 0.05) is 55.0 Å². The standard InChI is InChI=1S/C28H29N5O2/c1-18-3-6-21(26(34)33-16-22(17-33)20-7-4-19(14-29)5-8-20)13-23(18)25-24(15-30)31-27(32-25)28(2)9-11-35-12-10-28/h3-8,13,15,22,30H,9-12,16-17H2,1-2H3,(H,31,32). The van der Waals surface area contributed by atoms with E-state index in [9.17, 15) is 4.79 Å². The largest absolute Gasteiger partial charge is 0.381 e. The molecule has 0 saturated carbocycles. The molecule has 7 heteroatoms. The molecule has 2 N–H and O–H groups in total. The minimum absolute atomic E-state index is 0.000279. The highest BCUT2D eigenvalue weighted by atomic mass is 16.5. The summed E-state index contributed by atoms with van der Waals surface area (Å²) in [7, 11) is 0. The van der Waals surface area contributed by atoms with Crippen molar-refractivity contribution in [3.05, 3.63) is 76.2 Å². The van der Waals surface area contributed by atoms with Crippen molar-refractivity contribution in [1.29, 1.82) is 10.7 Å². The van der Waals surface area contributed by atoms with Crippen LogP contribution in [0.4, 0.5) is 0 Å². The summed E-state index contributed by atoms with van der Waals surface area (Å²) in [6, 6.07) is 15.5. The molecule has 0 spiro atoms. The summed E-state index contributed by atoms with van der Waals surface area (Å²) in [5, 5.41) is 16.9. The summed E-state index contributed by atoms with van der Waals surface area (Å²) in [5.74, 6) is 1.16. The number of hydrogen-bond acceptors (Lipinski definition) is 5. The fraction of sp³-hybridized carbons (Fsp3) is 0.357. The van der Waals surface area contributed by atoms with Gasteiger partial charge in [0.05, 0.1) is 23.0 Å². The maximum absolute atomic E-state index is 13.3. The molecule has 2 saturated heterocycles. The van der Waals surface area contributed by atoms with Crippen LogP contribution in [0.25, 0.3) is 11.3 Å². The van der Waals surface area contributed by atoms with Crippen molar-refractivity contribution in [1.82, 2.24) is 14.9 Å². The zero-order chi connectivity index (χ0) is 24.6. The van der Waals surface area contributed by atoms with Gasteiger partial charge in [-0.1, -0.05) is 25.1 Å². The molecule has 0 bridgehead atoms. The third kappa shape index (κ3) is 4.26. The van der Waals surface area contributed by atoms with Gasteiger partial charge in [0.2, 0.25) is 0 Å². The number of aromatic amines is 1. The third-order valence-corrected chi connectivity index (χ3v) is 7.46. The van der Waals surface area contributed by atoms with Crippen molar-refractivity contribution in [3.63, 3.8) is 0 Å². The summed E-state index contributed by atoms with van der Waals surface area (Å²) in [6.07, 6.45) is 3.06. The molecular weight excluding hydrogens is 438 g/mol. The number of nitriles is 1. The molecule has 7 nitrogen and oxygen atoms in total. The van der Waals surface area contributed by atoms with Crippen LogP contribution in [0.15, 0.2) is 42.5 Å². The van der Waals surface area contributed by atoms with E-state index in [1.165, 1.54) is 6.21 Å². The van der Waals surface area contributed by atoms with E-state index in [-0.39, 0.29) is 17.2 Å². The Bertz CT molecular complexity index is 1310. The topological polar surface area (TPSA) is 106 Å². The van der Waals surface area contributed by atoms with Gasteiger partial charge in [-0.25, -0.2) is 4.98 Å². The van der Waals surface area contributed by atoms with Crippen LogP contribution in [0.2, 0.25) is 0 Å². The van der Waals surface area contributed by atoms with E-state index in [0.29, 0.717) is 48.8 Å². The number of carbonyl (C=O) groups is 1. The van der Waals surface area contributed by atoms with Crippen LogP contribution in [-0.4, -0.2) is 53.3 Å². The fourth-order valence-corrected chi connectivity index (χ4v) is 4.92. The molecule has 5 rings (SSSR count). The number of carbonyl (C=O) groups excluding carboxylic acids is 1. The molecule has 3 heterocycles. The second-order valence-corrected chi connectivity index (χ2v) is 9.84. The first-order chi connectivity index (χ1) is 16.9. The molecule has 1 aromatic heterocycles. The molecule has 0 atom stereocenters. The van der Waals surface area contributed by atoms with Crippen molar-refractivity contribution in [2.75, 3.05) is 26.3 Å². The fourth-order valence-electron chi connectivity index (χ4n) is 4.92. The molecular formula is C28H29N5O2. The average molecular weight is 468 g/mol. The lowest BCUT2D eigenvalue weighted by molar-refractivity contribution is 0.0538. The van der Waals surface area contributed by atoms with Crippen molar-refractivity contribution in [2.24, 2.45) is 0 Å². The van der Waals surface area contributed by atoms with Gasteiger partial charge < -0.3 is 20.0 Å². The van der Waals surface area contributed by atoms with E-state index >= 15 is 0 Å². The van der Waals surface area contributed by atoms with Gasteiger partial charge in [0.15, 0.2) is 0 Å². The number of nitrogens with one attached hydrogen (secondary N) is 2. The Kier molecular flexibility index (Phi) is 6.00. The number of hydrogen-bond donors (Lipinski definition) is 2. The highest BCUT2D eigenvalue weighted by molar-refractivity contribution is 5.97. The molecule has 2 fully saturated rings. The Balaban J connectivity index is 1.37. The van der Waals surface area contributed by atoms with Crippen LogP contribution in [-0.2, 0) is 10.2 Å². The number of nitrogens with zero attached hydrogens (tertiary/aromatic N) is 3. The highest BCUT2D eigenvalue weighted by Crippen LogP contribution is 2.36. The Morgan fingerprint density at radius 3 is 2.60 bits per heavy atom. The average Bonchev–Trinajstić information content (AvgIpc) is 3.29. The summed E-state index contributed by atoms with van der Waals surface area (Å²) in [6.45, 7) is 6.92. The molecule has 35 heavy (non-hydrogen) atoms. The molecule has 2 aliphatic heterocycles. The Morgan fingerprint density at radius 2 is 1.94 bits per heavy atom. The first-order valence-corrected chi connectivity index (χ1v) is 12.0. The number of imidazole rings is 1. The smallest absolute Gasteiger partial charge is 0.253 e. The number of benzene rings is 2. The van der Waals surface area contributed by atoms with Crippen LogP contribution in [0, 0.1) is 23.7 Å². The Morgan fingerprint density at radius 1 is 1.23 bits per heavy atom. The first-order valence-electron chi connectivity index (χ1n) is 12.0. The number of ether oxygens (including phenoxy) is 1. The van der Waals surface area contributed by atoms with Gasteiger partial charge in [0.1, 0.15) is 5.82 Å². The maximum Gasteiger partial charge on any atom is 0.253 e. The minimum Gasteiger partial charge on any atom is -0.381 e. The zero-order valence-electron chi connectivity index (χ0n) is 20.1. The molecule has 3 aromatic rings. The van der Waals surface area contributed by atoms with Gasteiger partial charge in [-0.3, -0.25) is 4.79 Å². The molecule has 0 unspecified atom stereocenters. The minimum atomic E-state index is -0.117. The van der Waals surface area contributed by atoms with Gasteiger partial charge in [-0.15, -0.1) is 0 Å². The zero-order valence-corrected chi connectivity index (χ0v) is 20.1. The quantitative estimate of drug-likeness (QED) is 0.537. The Hall–Kier alpha value is -3.76. The lowest BCUT2D eigenvalue weighted by atomic mass is 9.82. The summed E-state index contributed by atoms with van der Waals surface area (Å²) < 4.78 is 5.54. The molecule has 1 amide bonds. The number of aromatic nitrogens is 2. The van der Waals surface area contributed by atoms with E-state index in [4.69, 9.17) is 20.4 Å². The SMILES string of the molecule is Cc1ccc(C(=O)N2CC(c3ccc(C#N)cc3)C2)cc1-c1nc(C2(C)CCOCC2)[nH]c1C=N. The number of likely N-dealkylation sites (tertiary alicyclic amines) is 1. The molecule has 0 aliphatic carbocycles. The molecule has 2 aromatic carbocycles. The number of H-pyrrole nitrogens is 1. The van der Waals surface area contributed by atoms with E-state index < -0.39 is 0 Å². The molecule has 0 radical (unpaired) electrons. The van der Waals surface area contributed by atoms with Gasteiger partial charge >= 0.3 is 0 Å². The van der Waals surface area contributed by atoms with Crippen LogP contribution in [0.5, 0.6) is 0 Å².